The molecule has 5 atom stereocenters. The normalized spacial score (nSPS) is 24.7. The van der Waals surface area contributed by atoms with E-state index in [2.05, 4.69) is 20.3 Å². The third-order valence-electron chi connectivity index (χ3n) is 4.60. The number of non-ortho nitro benzene ring substituents is 1. The van der Waals surface area contributed by atoms with Crippen molar-refractivity contribution in [3.8, 4) is 0 Å². The summed E-state index contributed by atoms with van der Waals surface area (Å²) < 4.78 is 39.4. The molecule has 1 fully saturated rings. The summed E-state index contributed by atoms with van der Waals surface area (Å²) in [7, 11) is 0. The smallest absolute Gasteiger partial charge is 0.305 e. The Morgan fingerprint density at radius 3 is 2.24 bits per heavy atom. The molecule has 14 nitrogen and oxygen atoms in total. The summed E-state index contributed by atoms with van der Waals surface area (Å²) in [5.74, 6) is -2.40. The van der Waals surface area contributed by atoms with E-state index in [0.29, 0.717) is 0 Å². The molecule has 1 aliphatic heterocycles. The van der Waals surface area contributed by atoms with E-state index < -0.39 is 60.1 Å². The summed E-state index contributed by atoms with van der Waals surface area (Å²) in [4.78, 5) is 45.6. The fourth-order valence-corrected chi connectivity index (χ4v) is 3.41. The standard InChI is InChI=1S/C18H19FN4O10/c1-7(24)29-16-12(6-19)32-18(31-9(3)26)15(17(16)30-8(2)25)20-10-4-5-11(23(27)28)14-13(10)21-33-22-14/h4-5,12,15-18,20H,6H2,1-3H3/t12?,15?,16-,17?,18-/m0/s1. The topological polar surface area (TPSA) is 182 Å². The second-order valence-corrected chi connectivity index (χ2v) is 6.98. The summed E-state index contributed by atoms with van der Waals surface area (Å²) in [5, 5.41) is 21.3. The van der Waals surface area contributed by atoms with Gasteiger partial charge in [0.1, 0.15) is 18.8 Å². The lowest BCUT2D eigenvalue weighted by Crippen LogP contribution is -2.63. The number of nitrogens with zero attached hydrogens (tertiary/aromatic N) is 3. The van der Waals surface area contributed by atoms with Crippen molar-refractivity contribution in [1.82, 2.24) is 10.3 Å². The number of alkyl halides is 1. The van der Waals surface area contributed by atoms with Gasteiger partial charge in [0.15, 0.2) is 17.7 Å². The number of rotatable bonds is 7. The molecule has 1 aliphatic rings. The molecule has 0 saturated carbocycles. The highest BCUT2D eigenvalue weighted by molar-refractivity contribution is 5.93. The number of anilines is 1. The summed E-state index contributed by atoms with van der Waals surface area (Å²) in [6, 6.07) is 1.13. The molecule has 0 aliphatic carbocycles. The van der Waals surface area contributed by atoms with Gasteiger partial charge in [0.25, 0.3) is 0 Å². The number of aromatic nitrogens is 2. The van der Waals surface area contributed by atoms with Crippen LogP contribution in [0.2, 0.25) is 0 Å². The van der Waals surface area contributed by atoms with Crippen LogP contribution in [0.5, 0.6) is 0 Å². The predicted molar refractivity (Wildman–Crippen MR) is 103 cm³/mol. The fraction of sp³-hybridized carbons (Fsp3) is 0.500. The van der Waals surface area contributed by atoms with Crippen molar-refractivity contribution >= 4 is 40.3 Å². The van der Waals surface area contributed by atoms with Crippen molar-refractivity contribution in [3.63, 3.8) is 0 Å². The van der Waals surface area contributed by atoms with E-state index in [-0.39, 0.29) is 22.4 Å². The minimum absolute atomic E-state index is 0.0657. The molecule has 2 aromatic rings. The quantitative estimate of drug-likeness (QED) is 0.262. The molecule has 0 bridgehead atoms. The Balaban J connectivity index is 2.07. The average Bonchev–Trinajstić information content (AvgIpc) is 3.20. The lowest BCUT2D eigenvalue weighted by atomic mass is 9.96. The number of ether oxygens (including phenoxy) is 4. The van der Waals surface area contributed by atoms with E-state index in [9.17, 15) is 28.9 Å². The highest BCUT2D eigenvalue weighted by atomic mass is 19.1. The second kappa shape index (κ2) is 9.72. The number of benzene rings is 1. The molecule has 33 heavy (non-hydrogen) atoms. The fourth-order valence-electron chi connectivity index (χ4n) is 3.41. The molecule has 1 aromatic heterocycles. The maximum absolute atomic E-state index is 13.7. The number of nitro benzene ring substituents is 1. The van der Waals surface area contributed by atoms with Crippen molar-refractivity contribution in [2.75, 3.05) is 12.0 Å². The molecule has 2 heterocycles. The van der Waals surface area contributed by atoms with Crippen LogP contribution in [0.1, 0.15) is 20.8 Å². The van der Waals surface area contributed by atoms with Crippen LogP contribution in [0.3, 0.4) is 0 Å². The van der Waals surface area contributed by atoms with Crippen LogP contribution in [-0.4, -0.2) is 70.5 Å². The van der Waals surface area contributed by atoms with Crippen LogP contribution in [0.4, 0.5) is 15.8 Å². The number of nitro groups is 1. The van der Waals surface area contributed by atoms with Crippen LogP contribution in [0, 0.1) is 10.1 Å². The van der Waals surface area contributed by atoms with E-state index in [1.54, 1.807) is 0 Å². The Kier molecular flexibility index (Phi) is 7.01. The Labute approximate surface area is 184 Å². The number of carbonyl (C=O) groups excluding carboxylic acids is 3. The lowest BCUT2D eigenvalue weighted by molar-refractivity contribution is -0.383. The maximum Gasteiger partial charge on any atom is 0.305 e. The lowest BCUT2D eigenvalue weighted by Gasteiger charge is -2.44. The van der Waals surface area contributed by atoms with E-state index in [0.717, 1.165) is 26.8 Å². The zero-order valence-electron chi connectivity index (χ0n) is 17.6. The van der Waals surface area contributed by atoms with Crippen LogP contribution in [0.25, 0.3) is 11.0 Å². The van der Waals surface area contributed by atoms with E-state index in [1.165, 1.54) is 6.07 Å². The molecule has 0 spiro atoms. The summed E-state index contributed by atoms with van der Waals surface area (Å²) in [5.41, 5.74) is -0.544. The SMILES string of the molecule is CC(=O)OC1C(Nc2ccc([N+](=O)[O-])c3nonc23)[C@@H](OC(C)=O)OC(CF)[C@@H]1OC(C)=O. The molecule has 178 valence electrons. The first-order valence-electron chi connectivity index (χ1n) is 9.51. The van der Waals surface area contributed by atoms with Gasteiger partial charge in [-0.25, -0.2) is 9.02 Å². The van der Waals surface area contributed by atoms with Gasteiger partial charge < -0.3 is 24.3 Å². The second-order valence-electron chi connectivity index (χ2n) is 6.98. The van der Waals surface area contributed by atoms with E-state index >= 15 is 0 Å². The van der Waals surface area contributed by atoms with Crippen LogP contribution in [0.15, 0.2) is 16.8 Å². The molecule has 3 unspecified atom stereocenters. The Hall–Kier alpha value is -3.88. The molecule has 3 rings (SSSR count). The molecule has 0 amide bonds. The molecular weight excluding hydrogens is 451 g/mol. The van der Waals surface area contributed by atoms with Crippen molar-refractivity contribution < 1.29 is 47.3 Å². The van der Waals surface area contributed by atoms with Gasteiger partial charge in [0, 0.05) is 26.8 Å². The van der Waals surface area contributed by atoms with Gasteiger partial charge in [-0.3, -0.25) is 24.5 Å². The van der Waals surface area contributed by atoms with Gasteiger partial charge in [-0.2, -0.15) is 0 Å². The van der Waals surface area contributed by atoms with Gasteiger partial charge >= 0.3 is 23.6 Å². The molecule has 15 heteroatoms. The number of hydrogen-bond donors (Lipinski definition) is 1. The summed E-state index contributed by atoms with van der Waals surface area (Å²) in [6.07, 6.45) is -5.74. The number of halogens is 1. The van der Waals surface area contributed by atoms with Gasteiger partial charge in [0.05, 0.1) is 10.6 Å². The number of nitrogens with one attached hydrogen (secondary N) is 1. The predicted octanol–water partition coefficient (Wildman–Crippen LogP) is 1.03. The zero-order valence-corrected chi connectivity index (χ0v) is 17.6. The molecule has 1 N–H and O–H groups in total. The minimum Gasteiger partial charge on any atom is -0.456 e. The van der Waals surface area contributed by atoms with Crippen molar-refractivity contribution in [3.05, 3.63) is 22.2 Å². The monoisotopic (exact) mass is 470 g/mol. The van der Waals surface area contributed by atoms with Crippen molar-refractivity contribution in [2.24, 2.45) is 0 Å². The van der Waals surface area contributed by atoms with Gasteiger partial charge in [-0.1, -0.05) is 0 Å². The van der Waals surface area contributed by atoms with Crippen molar-refractivity contribution in [2.45, 2.75) is 51.4 Å². The zero-order chi connectivity index (χ0) is 24.3. The molecular formula is C18H19FN4O10. The third-order valence-corrected chi connectivity index (χ3v) is 4.60. The minimum atomic E-state index is -1.51. The number of hydrogen-bond acceptors (Lipinski definition) is 13. The van der Waals surface area contributed by atoms with Gasteiger partial charge in [-0.05, 0) is 16.4 Å². The Morgan fingerprint density at radius 2 is 1.67 bits per heavy atom. The largest absolute Gasteiger partial charge is 0.456 e. The van der Waals surface area contributed by atoms with Gasteiger partial charge in [0.2, 0.25) is 11.8 Å². The first-order chi connectivity index (χ1) is 15.6. The molecule has 1 saturated heterocycles. The van der Waals surface area contributed by atoms with Crippen LogP contribution >= 0.6 is 0 Å². The average molecular weight is 470 g/mol. The van der Waals surface area contributed by atoms with Gasteiger partial charge in [-0.15, -0.1) is 0 Å². The first kappa shape index (κ1) is 23.8. The number of fused-ring (bicyclic) bond motifs is 1. The third kappa shape index (κ3) is 5.14. The Bertz CT molecular complexity index is 1080. The highest BCUT2D eigenvalue weighted by Gasteiger charge is 2.51. The summed E-state index contributed by atoms with van der Waals surface area (Å²) >= 11 is 0. The first-order valence-corrected chi connectivity index (χ1v) is 9.51. The maximum atomic E-state index is 13.7. The Morgan fingerprint density at radius 1 is 1.06 bits per heavy atom. The van der Waals surface area contributed by atoms with E-state index in [1.807, 2.05) is 0 Å². The van der Waals surface area contributed by atoms with Crippen molar-refractivity contribution in [1.29, 1.82) is 0 Å². The molecule has 1 aromatic carbocycles. The number of esters is 3. The molecule has 0 radical (unpaired) electrons. The van der Waals surface area contributed by atoms with Crippen LogP contribution in [-0.2, 0) is 33.3 Å². The van der Waals surface area contributed by atoms with E-state index in [4.69, 9.17) is 18.9 Å². The number of carbonyl (C=O) groups is 3. The van der Waals surface area contributed by atoms with Crippen LogP contribution < -0.4 is 5.32 Å². The highest BCUT2D eigenvalue weighted by Crippen LogP contribution is 2.33. The summed E-state index contributed by atoms with van der Waals surface area (Å²) in [6.45, 7) is 2.07.